The van der Waals surface area contributed by atoms with Gasteiger partial charge in [0.25, 0.3) is 0 Å². The van der Waals surface area contributed by atoms with Crippen molar-refractivity contribution in [1.29, 1.82) is 0 Å². The van der Waals surface area contributed by atoms with Gasteiger partial charge in [-0.15, -0.1) is 0 Å². The molecule has 2 aromatic heterocycles. The van der Waals surface area contributed by atoms with E-state index in [1.807, 2.05) is 30.7 Å². The second-order valence-corrected chi connectivity index (χ2v) is 11.4. The number of aliphatic carboxylic acids is 1. The molecule has 0 unspecified atom stereocenters. The van der Waals surface area contributed by atoms with Gasteiger partial charge in [-0.2, -0.15) is 5.10 Å². The number of aryl methyl sites for hydroxylation is 4. The van der Waals surface area contributed by atoms with E-state index >= 15 is 0 Å². The number of carbonyl (C=O) groups excluding carboxylic acids is 1. The minimum absolute atomic E-state index is 0.0329. The second-order valence-electron chi connectivity index (χ2n) is 11.4. The molecular formula is C30H39N5O2. The number of likely N-dealkylation sites (N-methyl/N-ethyl adjacent to an activating group) is 1. The molecule has 0 aliphatic carbocycles. The van der Waals surface area contributed by atoms with Crippen LogP contribution in [0.4, 0.5) is 5.82 Å². The Morgan fingerprint density at radius 1 is 1.24 bits per heavy atom. The smallest absolute Gasteiger partial charge is 0.129 e. The van der Waals surface area contributed by atoms with Crippen molar-refractivity contribution < 1.29 is 14.4 Å². The molecule has 0 spiro atoms. The van der Waals surface area contributed by atoms with Crippen LogP contribution in [0, 0.1) is 19.8 Å². The molecule has 3 atom stereocenters. The average molecular weight is 502 g/mol. The van der Waals surface area contributed by atoms with Crippen LogP contribution in [0.5, 0.6) is 0 Å². The highest BCUT2D eigenvalue weighted by atomic mass is 16.4. The van der Waals surface area contributed by atoms with Gasteiger partial charge >= 0.3 is 0 Å². The molecule has 5 rings (SSSR count). The molecule has 3 aromatic rings. The predicted molar refractivity (Wildman–Crippen MR) is 144 cm³/mol. The fourth-order valence-corrected chi connectivity index (χ4v) is 6.38. The van der Waals surface area contributed by atoms with E-state index in [2.05, 4.69) is 47.8 Å². The fourth-order valence-electron chi connectivity index (χ4n) is 6.38. The number of carboxylic acids is 1. The van der Waals surface area contributed by atoms with E-state index < -0.39 is 5.97 Å². The number of aromatic nitrogens is 3. The van der Waals surface area contributed by atoms with Crippen molar-refractivity contribution >= 4 is 11.8 Å². The van der Waals surface area contributed by atoms with Crippen LogP contribution in [0.1, 0.15) is 59.8 Å². The summed E-state index contributed by atoms with van der Waals surface area (Å²) in [4.78, 5) is 16.6. The van der Waals surface area contributed by atoms with Crippen molar-refractivity contribution in [2.45, 2.75) is 58.3 Å². The summed E-state index contributed by atoms with van der Waals surface area (Å²) >= 11 is 0. The standard InChI is InChI=1S/C30H39N5O2/c1-21-16-22(2)34(33-21)28-8-4-6-25(17-28)26(18-29(36)37)20-35(3)15-13-23(19-35)9-11-27-12-10-24-7-5-14-31-30(24)32-27/h4,6,8,10,12,16-17,23,26H,5,7,9,11,13-15,18-20H2,1-3H3,(H-,31,32,36,37)/t23-,26-,35-/m1/s1. The van der Waals surface area contributed by atoms with Crippen molar-refractivity contribution in [3.05, 3.63) is 70.7 Å². The van der Waals surface area contributed by atoms with Crippen LogP contribution in [0.2, 0.25) is 0 Å². The van der Waals surface area contributed by atoms with Gasteiger partial charge in [0.05, 0.1) is 38.1 Å². The van der Waals surface area contributed by atoms with Crippen LogP contribution in [-0.2, 0) is 17.6 Å². The topological polar surface area (TPSA) is 82.9 Å². The highest BCUT2D eigenvalue weighted by Gasteiger charge is 2.36. The third-order valence-corrected chi connectivity index (χ3v) is 8.21. The zero-order valence-electron chi connectivity index (χ0n) is 22.4. The van der Waals surface area contributed by atoms with Gasteiger partial charge in [-0.05, 0) is 81.3 Å². The summed E-state index contributed by atoms with van der Waals surface area (Å²) < 4.78 is 2.83. The van der Waals surface area contributed by atoms with Crippen LogP contribution in [0.25, 0.3) is 5.69 Å². The number of fused-ring (bicyclic) bond motifs is 1. The number of nitrogens with one attached hydrogen (secondary N) is 1. The zero-order chi connectivity index (χ0) is 26.0. The van der Waals surface area contributed by atoms with E-state index in [-0.39, 0.29) is 12.3 Å². The molecule has 0 amide bonds. The lowest BCUT2D eigenvalue weighted by atomic mass is 9.93. The fraction of sp³-hybridized carbons (Fsp3) is 0.500. The number of anilines is 1. The molecule has 1 saturated heterocycles. The molecule has 196 valence electrons. The summed E-state index contributed by atoms with van der Waals surface area (Å²) in [5, 5.41) is 19.8. The summed E-state index contributed by atoms with van der Waals surface area (Å²) in [6.07, 6.45) is 5.61. The molecule has 7 heteroatoms. The van der Waals surface area contributed by atoms with Crippen molar-refractivity contribution in [3.8, 4) is 5.69 Å². The Kier molecular flexibility index (Phi) is 7.33. The maximum absolute atomic E-state index is 11.8. The van der Waals surface area contributed by atoms with Crippen LogP contribution in [0.15, 0.2) is 42.5 Å². The number of nitrogens with zero attached hydrogens (tertiary/aromatic N) is 4. The Morgan fingerprint density at radius 3 is 2.89 bits per heavy atom. The molecule has 0 radical (unpaired) electrons. The number of rotatable bonds is 9. The number of likely N-dealkylation sites (tertiary alicyclic amines) is 1. The summed E-state index contributed by atoms with van der Waals surface area (Å²) in [5.41, 5.74) is 6.56. The molecule has 37 heavy (non-hydrogen) atoms. The molecule has 2 aliphatic heterocycles. The van der Waals surface area contributed by atoms with Crippen LogP contribution in [0.3, 0.4) is 0 Å². The SMILES string of the molecule is Cc1cc(C)n(-c2cccc([C@H](CC(=O)[O-])C[N@+]3(C)CC[C@@H](CCc4ccc5c(n4)NCCC5)C3)c2)n1. The third kappa shape index (κ3) is 6.04. The molecular weight excluding hydrogens is 462 g/mol. The molecule has 1 aromatic carbocycles. The minimum Gasteiger partial charge on any atom is -0.550 e. The first-order chi connectivity index (χ1) is 17.8. The van der Waals surface area contributed by atoms with Gasteiger partial charge in [0.15, 0.2) is 0 Å². The van der Waals surface area contributed by atoms with Crippen LogP contribution in [-0.4, -0.2) is 58.4 Å². The molecule has 1 fully saturated rings. The molecule has 7 nitrogen and oxygen atoms in total. The summed E-state index contributed by atoms with van der Waals surface area (Å²) in [6.45, 7) is 7.98. The van der Waals surface area contributed by atoms with Crippen molar-refractivity contribution in [2.24, 2.45) is 5.92 Å². The number of pyridine rings is 1. The van der Waals surface area contributed by atoms with E-state index in [4.69, 9.17) is 4.98 Å². The zero-order valence-corrected chi connectivity index (χ0v) is 22.4. The Bertz CT molecular complexity index is 1270. The Morgan fingerprint density at radius 2 is 2.11 bits per heavy atom. The Hall–Kier alpha value is -3.19. The number of benzene rings is 1. The molecule has 1 N–H and O–H groups in total. The first kappa shape index (κ1) is 25.5. The minimum atomic E-state index is -0.990. The predicted octanol–water partition coefficient (Wildman–Crippen LogP) is 3.57. The Labute approximate surface area is 220 Å². The molecule has 2 aliphatic rings. The van der Waals surface area contributed by atoms with Crippen molar-refractivity contribution in [2.75, 3.05) is 38.5 Å². The average Bonchev–Trinajstić information content (AvgIpc) is 3.42. The lowest BCUT2D eigenvalue weighted by Gasteiger charge is -2.34. The van der Waals surface area contributed by atoms with Crippen molar-refractivity contribution in [1.82, 2.24) is 14.8 Å². The van der Waals surface area contributed by atoms with Crippen LogP contribution >= 0.6 is 0 Å². The first-order valence-corrected chi connectivity index (χ1v) is 13.7. The number of quaternary nitrogens is 1. The highest BCUT2D eigenvalue weighted by molar-refractivity contribution is 5.65. The molecule has 4 heterocycles. The van der Waals surface area contributed by atoms with Gasteiger partial charge in [-0.1, -0.05) is 18.2 Å². The van der Waals surface area contributed by atoms with Gasteiger partial charge in [0, 0.05) is 42.2 Å². The van der Waals surface area contributed by atoms with E-state index in [1.165, 1.54) is 24.1 Å². The van der Waals surface area contributed by atoms with Gasteiger partial charge in [0.1, 0.15) is 5.82 Å². The normalized spacial score (nSPS) is 21.9. The lowest BCUT2D eigenvalue weighted by molar-refractivity contribution is -0.900. The summed E-state index contributed by atoms with van der Waals surface area (Å²) in [5.74, 6) is 0.610. The summed E-state index contributed by atoms with van der Waals surface area (Å²) in [6, 6.07) is 14.7. The van der Waals surface area contributed by atoms with Gasteiger partial charge in [-0.3, -0.25) is 0 Å². The van der Waals surface area contributed by atoms with Gasteiger partial charge in [-0.25, -0.2) is 9.67 Å². The first-order valence-electron chi connectivity index (χ1n) is 13.7. The highest BCUT2D eigenvalue weighted by Crippen LogP contribution is 2.32. The van der Waals surface area contributed by atoms with E-state index in [1.54, 1.807) is 0 Å². The van der Waals surface area contributed by atoms with Crippen molar-refractivity contribution in [3.63, 3.8) is 0 Å². The third-order valence-electron chi connectivity index (χ3n) is 8.21. The maximum Gasteiger partial charge on any atom is 0.129 e. The largest absolute Gasteiger partial charge is 0.550 e. The lowest BCUT2D eigenvalue weighted by Crippen LogP contribution is -2.45. The van der Waals surface area contributed by atoms with E-state index in [9.17, 15) is 9.90 Å². The number of carbonyl (C=O) groups is 1. The van der Waals surface area contributed by atoms with Gasteiger partial charge in [0.2, 0.25) is 0 Å². The monoisotopic (exact) mass is 501 g/mol. The van der Waals surface area contributed by atoms with Crippen LogP contribution < -0.4 is 10.4 Å². The second kappa shape index (κ2) is 10.7. The molecule has 0 saturated carbocycles. The molecule has 0 bridgehead atoms. The maximum atomic E-state index is 11.8. The summed E-state index contributed by atoms with van der Waals surface area (Å²) in [7, 11) is 2.29. The number of hydrogen-bond acceptors (Lipinski definition) is 5. The quantitative estimate of drug-likeness (QED) is 0.454. The Balaban J connectivity index is 1.25. The van der Waals surface area contributed by atoms with Gasteiger partial charge < -0.3 is 19.7 Å². The number of carboxylic acid groups (broad SMARTS) is 1. The van der Waals surface area contributed by atoms with E-state index in [0.29, 0.717) is 5.92 Å². The van der Waals surface area contributed by atoms with E-state index in [0.717, 1.165) is 78.4 Å². The number of hydrogen-bond donors (Lipinski definition) is 1.